The molecule has 5 rings (SSSR count). The van der Waals surface area contributed by atoms with Crippen LogP contribution in [0, 0.1) is 6.92 Å². The van der Waals surface area contributed by atoms with Crippen LogP contribution in [0.3, 0.4) is 0 Å². The monoisotopic (exact) mass is 467 g/mol. The molecule has 1 aromatic carbocycles. The van der Waals surface area contributed by atoms with Crippen LogP contribution in [0.2, 0.25) is 0 Å². The van der Waals surface area contributed by atoms with Gasteiger partial charge in [-0.2, -0.15) is 0 Å². The highest BCUT2D eigenvalue weighted by Crippen LogP contribution is 2.34. The van der Waals surface area contributed by atoms with Gasteiger partial charge in [0.1, 0.15) is 5.58 Å². The second-order valence-corrected chi connectivity index (χ2v) is 9.77. The van der Waals surface area contributed by atoms with Crippen molar-refractivity contribution in [2.45, 2.75) is 16.9 Å². The van der Waals surface area contributed by atoms with E-state index in [0.29, 0.717) is 49.0 Å². The zero-order valence-electron chi connectivity index (χ0n) is 17.4. The smallest absolute Gasteiger partial charge is 0.292 e. The molecule has 0 atom stereocenters. The zero-order valence-corrected chi connectivity index (χ0v) is 19.1. The number of benzene rings is 1. The lowest BCUT2D eigenvalue weighted by Crippen LogP contribution is -2.50. The van der Waals surface area contributed by atoms with Crippen LogP contribution in [-0.4, -0.2) is 52.9 Å². The molecule has 164 valence electrons. The van der Waals surface area contributed by atoms with E-state index in [1.165, 1.54) is 4.21 Å². The lowest BCUT2D eigenvalue weighted by Gasteiger charge is -2.33. The van der Waals surface area contributed by atoms with E-state index in [2.05, 4.69) is 11.2 Å². The van der Waals surface area contributed by atoms with Gasteiger partial charge < -0.3 is 18.7 Å². The topological polar surface area (TPSA) is 79.8 Å². The van der Waals surface area contributed by atoms with E-state index in [-0.39, 0.29) is 17.6 Å². The minimum atomic E-state index is -0.200. The minimum Gasteiger partial charge on any atom is -0.451 e. The fraction of sp³-hybridized carbons (Fsp3) is 0.261. The van der Waals surface area contributed by atoms with Crippen LogP contribution in [0.1, 0.15) is 32.4 Å². The van der Waals surface area contributed by atoms with E-state index in [9.17, 15) is 9.59 Å². The van der Waals surface area contributed by atoms with Gasteiger partial charge in [0.2, 0.25) is 5.76 Å². The Kier molecular flexibility index (Phi) is 5.75. The highest BCUT2D eigenvalue weighted by atomic mass is 32.2. The number of aryl methyl sites for hydroxylation is 1. The van der Waals surface area contributed by atoms with Crippen LogP contribution >= 0.6 is 23.1 Å². The molecule has 32 heavy (non-hydrogen) atoms. The molecule has 4 heterocycles. The molecule has 0 saturated carbocycles. The van der Waals surface area contributed by atoms with Crippen LogP contribution < -0.4 is 0 Å². The number of aromatic nitrogens is 1. The standard InChI is InChI=1S/C23H21N3O4S2/c1-15-13-19(30-24-15)22(27)25-8-10-26(11-9-25)23(28)21-17(14-32-20-7-4-12-31-20)16-5-2-3-6-18(16)29-21/h2-7,12-13H,8-11,14H2,1H3. The number of hydrogen-bond donors (Lipinski definition) is 0. The molecule has 0 aliphatic carbocycles. The van der Waals surface area contributed by atoms with Crippen LogP contribution in [-0.2, 0) is 5.75 Å². The Hall–Kier alpha value is -3.04. The maximum absolute atomic E-state index is 13.4. The van der Waals surface area contributed by atoms with Crippen molar-refractivity contribution >= 4 is 45.9 Å². The van der Waals surface area contributed by atoms with Crippen LogP contribution in [0.5, 0.6) is 0 Å². The normalized spacial score (nSPS) is 14.3. The number of para-hydroxylation sites is 1. The van der Waals surface area contributed by atoms with Gasteiger partial charge in [-0.05, 0) is 24.4 Å². The van der Waals surface area contributed by atoms with E-state index in [4.69, 9.17) is 8.94 Å². The van der Waals surface area contributed by atoms with Crippen molar-refractivity contribution in [2.24, 2.45) is 0 Å². The van der Waals surface area contributed by atoms with Crippen molar-refractivity contribution in [1.29, 1.82) is 0 Å². The van der Waals surface area contributed by atoms with Crippen molar-refractivity contribution in [3.8, 4) is 0 Å². The molecule has 1 saturated heterocycles. The highest BCUT2D eigenvalue weighted by molar-refractivity contribution is 8.00. The van der Waals surface area contributed by atoms with Gasteiger partial charge in [0.15, 0.2) is 5.76 Å². The Labute approximate surface area is 193 Å². The number of carbonyl (C=O) groups excluding carboxylic acids is 2. The summed E-state index contributed by atoms with van der Waals surface area (Å²) in [4.78, 5) is 29.4. The first-order chi connectivity index (χ1) is 15.6. The molecular formula is C23H21N3O4S2. The Balaban J connectivity index is 1.32. The number of hydrogen-bond acceptors (Lipinski definition) is 7. The summed E-state index contributed by atoms with van der Waals surface area (Å²) >= 11 is 3.38. The summed E-state index contributed by atoms with van der Waals surface area (Å²) in [5.74, 6) is 0.940. The molecule has 1 aliphatic heterocycles. The van der Waals surface area contributed by atoms with Gasteiger partial charge in [-0.1, -0.05) is 29.4 Å². The van der Waals surface area contributed by atoms with Gasteiger partial charge >= 0.3 is 0 Å². The maximum atomic E-state index is 13.4. The van der Waals surface area contributed by atoms with Crippen molar-refractivity contribution < 1.29 is 18.5 Å². The maximum Gasteiger partial charge on any atom is 0.292 e. The van der Waals surface area contributed by atoms with Gasteiger partial charge in [-0.25, -0.2) is 0 Å². The summed E-state index contributed by atoms with van der Waals surface area (Å²) in [6, 6.07) is 13.5. The number of rotatable bonds is 5. The summed E-state index contributed by atoms with van der Waals surface area (Å²) in [6.45, 7) is 3.52. The number of thioether (sulfide) groups is 1. The Bertz CT molecular complexity index is 1250. The number of thiophene rings is 1. The van der Waals surface area contributed by atoms with Crippen LogP contribution in [0.4, 0.5) is 0 Å². The molecule has 9 heteroatoms. The number of carbonyl (C=O) groups is 2. The third-order valence-corrected chi connectivity index (χ3v) is 7.60. The summed E-state index contributed by atoms with van der Waals surface area (Å²) in [7, 11) is 0. The van der Waals surface area contributed by atoms with Crippen LogP contribution in [0.15, 0.2) is 61.0 Å². The summed E-state index contributed by atoms with van der Waals surface area (Å²) in [6.07, 6.45) is 0. The number of piperazine rings is 1. The van der Waals surface area contributed by atoms with Gasteiger partial charge in [-0.15, -0.1) is 23.1 Å². The predicted octanol–water partition coefficient (Wildman–Crippen LogP) is 4.68. The number of furan rings is 1. The van der Waals surface area contributed by atoms with Gasteiger partial charge in [0, 0.05) is 48.9 Å². The number of fused-ring (bicyclic) bond motifs is 1. The molecule has 3 aromatic heterocycles. The molecule has 4 aromatic rings. The van der Waals surface area contributed by atoms with Gasteiger partial charge in [0.25, 0.3) is 11.8 Å². The second-order valence-electron chi connectivity index (χ2n) is 7.54. The fourth-order valence-corrected chi connectivity index (χ4v) is 5.59. The first kappa shape index (κ1) is 20.8. The molecule has 0 spiro atoms. The van der Waals surface area contributed by atoms with Gasteiger partial charge in [0.05, 0.1) is 9.90 Å². The van der Waals surface area contributed by atoms with Crippen molar-refractivity contribution in [3.63, 3.8) is 0 Å². The van der Waals surface area contributed by atoms with Crippen LogP contribution in [0.25, 0.3) is 11.0 Å². The molecule has 0 radical (unpaired) electrons. The highest BCUT2D eigenvalue weighted by Gasteiger charge is 2.30. The first-order valence-corrected chi connectivity index (χ1v) is 12.2. The second kappa shape index (κ2) is 8.84. The lowest BCUT2D eigenvalue weighted by atomic mass is 10.1. The Morgan fingerprint density at radius 2 is 1.81 bits per heavy atom. The van der Waals surface area contributed by atoms with Crippen molar-refractivity contribution in [2.75, 3.05) is 26.2 Å². The van der Waals surface area contributed by atoms with Gasteiger partial charge in [-0.3, -0.25) is 9.59 Å². The first-order valence-electron chi connectivity index (χ1n) is 10.3. The third kappa shape index (κ3) is 4.05. The van der Waals surface area contributed by atoms with E-state index in [1.54, 1.807) is 45.9 Å². The van der Waals surface area contributed by atoms with E-state index in [0.717, 1.165) is 10.9 Å². The molecule has 1 aliphatic rings. The van der Waals surface area contributed by atoms with Crippen molar-refractivity contribution in [3.05, 3.63) is 70.6 Å². The van der Waals surface area contributed by atoms with E-state index in [1.807, 2.05) is 35.7 Å². The van der Waals surface area contributed by atoms with E-state index >= 15 is 0 Å². The number of nitrogens with zero attached hydrogens (tertiary/aromatic N) is 3. The SMILES string of the molecule is Cc1cc(C(=O)N2CCN(C(=O)c3oc4ccccc4c3CSc3cccs3)CC2)on1. The summed E-state index contributed by atoms with van der Waals surface area (Å²) in [5, 5.41) is 6.79. The summed E-state index contributed by atoms with van der Waals surface area (Å²) in [5.41, 5.74) is 2.30. The predicted molar refractivity (Wildman–Crippen MR) is 123 cm³/mol. The minimum absolute atomic E-state index is 0.134. The largest absolute Gasteiger partial charge is 0.451 e. The van der Waals surface area contributed by atoms with Crippen molar-refractivity contribution in [1.82, 2.24) is 15.0 Å². The summed E-state index contributed by atoms with van der Waals surface area (Å²) < 4.78 is 12.3. The fourth-order valence-electron chi connectivity index (χ4n) is 3.78. The lowest BCUT2D eigenvalue weighted by molar-refractivity contribution is 0.0498. The molecule has 1 fully saturated rings. The van der Waals surface area contributed by atoms with E-state index < -0.39 is 0 Å². The molecule has 2 amide bonds. The molecule has 0 unspecified atom stereocenters. The average Bonchev–Trinajstić information content (AvgIpc) is 3.57. The quantitative estimate of drug-likeness (QED) is 0.397. The average molecular weight is 468 g/mol. The third-order valence-electron chi connectivity index (χ3n) is 5.44. The Morgan fingerprint density at radius 3 is 2.50 bits per heavy atom. The zero-order chi connectivity index (χ0) is 22.1. The Morgan fingerprint density at radius 1 is 1.06 bits per heavy atom. The number of amides is 2. The molecular weight excluding hydrogens is 446 g/mol. The molecule has 0 N–H and O–H groups in total. The molecule has 7 nitrogen and oxygen atoms in total. The molecule has 0 bridgehead atoms.